The Labute approximate surface area is 134 Å². The topological polar surface area (TPSA) is 132 Å². The average Bonchev–Trinajstić information content (AvgIpc) is 2.86. The maximum atomic E-state index is 12.0. The predicted molar refractivity (Wildman–Crippen MR) is 83.4 cm³/mol. The van der Waals surface area contributed by atoms with Crippen LogP contribution in [-0.4, -0.2) is 20.0 Å². The second kappa shape index (κ2) is 5.61. The summed E-state index contributed by atoms with van der Waals surface area (Å²) in [5.74, 6) is 0.167. The summed E-state index contributed by atoms with van der Waals surface area (Å²) in [5, 5.41) is 20.8. The number of nitro groups is 1. The number of hydrogen-bond acceptors (Lipinski definition) is 8. The maximum Gasteiger partial charge on any atom is 0.362 e. The lowest BCUT2D eigenvalue weighted by atomic mass is 10.2. The van der Waals surface area contributed by atoms with Crippen molar-refractivity contribution < 1.29 is 18.9 Å². The molecule has 0 bridgehead atoms. The molecule has 0 aliphatic carbocycles. The molecule has 0 radical (unpaired) electrons. The minimum atomic E-state index is -0.844. The molecule has 0 unspecified atom stereocenters. The van der Waals surface area contributed by atoms with Gasteiger partial charge in [0.25, 0.3) is 5.69 Å². The van der Waals surface area contributed by atoms with Crippen LogP contribution in [0.5, 0.6) is 0 Å². The zero-order valence-corrected chi connectivity index (χ0v) is 12.6. The van der Waals surface area contributed by atoms with Crippen molar-refractivity contribution in [2.24, 2.45) is 0 Å². The molecule has 0 saturated carbocycles. The molecule has 0 aliphatic rings. The van der Waals surface area contributed by atoms with Crippen LogP contribution in [0.25, 0.3) is 22.9 Å². The van der Waals surface area contributed by atoms with E-state index in [9.17, 15) is 20.0 Å². The molecule has 2 aromatic heterocycles. The molecule has 9 nitrogen and oxygen atoms in total. The summed E-state index contributed by atoms with van der Waals surface area (Å²) >= 11 is 0. The molecule has 3 rings (SSSR count). The Balaban J connectivity index is 2.10. The van der Waals surface area contributed by atoms with Gasteiger partial charge in [0.1, 0.15) is 5.52 Å². The van der Waals surface area contributed by atoms with Crippen LogP contribution in [0.3, 0.4) is 0 Å². The molecule has 9 heteroatoms. The van der Waals surface area contributed by atoms with Crippen molar-refractivity contribution in [3.8, 4) is 0 Å². The van der Waals surface area contributed by atoms with E-state index in [-0.39, 0.29) is 34.0 Å². The second-order valence-corrected chi connectivity index (χ2v) is 4.97. The van der Waals surface area contributed by atoms with Gasteiger partial charge in [-0.25, -0.2) is 14.8 Å². The molecule has 0 fully saturated rings. The van der Waals surface area contributed by atoms with Gasteiger partial charge in [0.05, 0.1) is 16.7 Å². The van der Waals surface area contributed by atoms with Crippen LogP contribution in [0.1, 0.15) is 23.0 Å². The smallest absolute Gasteiger partial charge is 0.362 e. The Morgan fingerprint density at radius 1 is 1.29 bits per heavy atom. The van der Waals surface area contributed by atoms with Crippen LogP contribution in [-0.2, 0) is 0 Å². The quantitative estimate of drug-likeness (QED) is 0.440. The number of aryl methyl sites for hydroxylation is 2. The summed E-state index contributed by atoms with van der Waals surface area (Å²) in [6.45, 7) is 3.27. The molecule has 0 spiro atoms. The normalized spacial score (nSPS) is 11.8. The number of benzene rings is 1. The first kappa shape index (κ1) is 15.4. The molecule has 0 amide bonds. The second-order valence-electron chi connectivity index (χ2n) is 4.97. The number of fused-ring (bicyclic) bond motifs is 1. The first-order valence-corrected chi connectivity index (χ1v) is 6.79. The average molecular weight is 329 g/mol. The van der Waals surface area contributed by atoms with Gasteiger partial charge in [-0.3, -0.25) is 10.1 Å². The highest BCUT2D eigenvalue weighted by atomic mass is 16.6. The van der Waals surface area contributed by atoms with Crippen LogP contribution >= 0.6 is 0 Å². The number of non-ortho nitro benzene ring substituents is 1. The summed E-state index contributed by atoms with van der Waals surface area (Å²) in [5.41, 5.74) is -0.540. The number of aliphatic hydroxyl groups is 1. The van der Waals surface area contributed by atoms with Crippen molar-refractivity contribution in [3.05, 3.63) is 61.8 Å². The highest BCUT2D eigenvalue weighted by molar-refractivity contribution is 5.78. The molecular weight excluding hydrogens is 318 g/mol. The van der Waals surface area contributed by atoms with E-state index in [0.29, 0.717) is 11.6 Å². The third kappa shape index (κ3) is 2.74. The van der Waals surface area contributed by atoms with E-state index in [2.05, 4.69) is 9.97 Å². The van der Waals surface area contributed by atoms with Crippen molar-refractivity contribution >= 4 is 28.6 Å². The van der Waals surface area contributed by atoms with Crippen molar-refractivity contribution in [2.45, 2.75) is 13.8 Å². The highest BCUT2D eigenvalue weighted by Crippen LogP contribution is 2.21. The van der Waals surface area contributed by atoms with E-state index in [1.54, 1.807) is 13.8 Å². The summed E-state index contributed by atoms with van der Waals surface area (Å²) in [6, 6.07) is 3.71. The standard InChI is InChI=1S/C15H11N3O6/c1-7-14(23-8(2)16-7)12(19)6-11-15(20)24-13-5-9(18(21)22)3-4-10(13)17-11/h3-6,19H,1-2H3/b12-6+. The number of aromatic nitrogens is 2. The van der Waals surface area contributed by atoms with Crippen LogP contribution in [0, 0.1) is 24.0 Å². The van der Waals surface area contributed by atoms with Crippen molar-refractivity contribution in [1.82, 2.24) is 9.97 Å². The largest absolute Gasteiger partial charge is 0.504 e. The van der Waals surface area contributed by atoms with Crippen LogP contribution in [0.15, 0.2) is 31.8 Å². The van der Waals surface area contributed by atoms with Gasteiger partial charge in [-0.2, -0.15) is 0 Å². The molecule has 122 valence electrons. The number of aliphatic hydroxyl groups excluding tert-OH is 1. The Hall–Kier alpha value is -3.49. The lowest BCUT2D eigenvalue weighted by molar-refractivity contribution is -0.384. The summed E-state index contributed by atoms with van der Waals surface area (Å²) in [4.78, 5) is 30.2. The third-order valence-corrected chi connectivity index (χ3v) is 3.22. The molecule has 0 saturated heterocycles. The molecule has 0 atom stereocenters. The highest BCUT2D eigenvalue weighted by Gasteiger charge is 2.15. The van der Waals surface area contributed by atoms with E-state index in [1.807, 2.05) is 0 Å². The summed E-state index contributed by atoms with van der Waals surface area (Å²) < 4.78 is 10.3. The SMILES string of the molecule is Cc1nc(C)c(/C(O)=C\c2nc3ccc([N+](=O)[O-])cc3oc2=O)o1. The fourth-order valence-electron chi connectivity index (χ4n) is 2.17. The van der Waals surface area contributed by atoms with Gasteiger partial charge >= 0.3 is 5.63 Å². The first-order chi connectivity index (χ1) is 11.3. The van der Waals surface area contributed by atoms with Gasteiger partial charge in [0.15, 0.2) is 28.7 Å². The minimum absolute atomic E-state index is 0.0162. The van der Waals surface area contributed by atoms with Gasteiger partial charge in [0.2, 0.25) is 0 Å². The Morgan fingerprint density at radius 2 is 2.04 bits per heavy atom. The van der Waals surface area contributed by atoms with Gasteiger partial charge in [-0.05, 0) is 13.0 Å². The molecule has 1 aromatic carbocycles. The third-order valence-electron chi connectivity index (χ3n) is 3.22. The van der Waals surface area contributed by atoms with Crippen molar-refractivity contribution in [3.63, 3.8) is 0 Å². The molecule has 24 heavy (non-hydrogen) atoms. The monoisotopic (exact) mass is 329 g/mol. The fraction of sp³-hybridized carbons (Fsp3) is 0.133. The zero-order chi connectivity index (χ0) is 17.4. The van der Waals surface area contributed by atoms with Gasteiger partial charge in [0, 0.05) is 19.1 Å². The van der Waals surface area contributed by atoms with Gasteiger partial charge < -0.3 is 13.9 Å². The lowest BCUT2D eigenvalue weighted by Crippen LogP contribution is -2.07. The molecular formula is C15H11N3O6. The number of oxazole rings is 1. The molecule has 0 aliphatic heterocycles. The van der Waals surface area contributed by atoms with E-state index in [1.165, 1.54) is 12.1 Å². The van der Waals surface area contributed by atoms with Crippen LogP contribution in [0.2, 0.25) is 0 Å². The van der Waals surface area contributed by atoms with Crippen LogP contribution in [0.4, 0.5) is 5.69 Å². The van der Waals surface area contributed by atoms with Gasteiger partial charge in [-0.1, -0.05) is 0 Å². The predicted octanol–water partition coefficient (Wildman–Crippen LogP) is 2.76. The van der Waals surface area contributed by atoms with Crippen molar-refractivity contribution in [2.75, 3.05) is 0 Å². The van der Waals surface area contributed by atoms with E-state index in [0.717, 1.165) is 12.1 Å². The number of hydrogen-bond donors (Lipinski definition) is 1. The van der Waals surface area contributed by atoms with E-state index in [4.69, 9.17) is 8.83 Å². The van der Waals surface area contributed by atoms with Crippen LogP contribution < -0.4 is 5.63 Å². The van der Waals surface area contributed by atoms with Crippen molar-refractivity contribution in [1.29, 1.82) is 0 Å². The minimum Gasteiger partial charge on any atom is -0.504 e. The summed E-state index contributed by atoms with van der Waals surface area (Å²) in [7, 11) is 0. The molecule has 2 heterocycles. The lowest BCUT2D eigenvalue weighted by Gasteiger charge is -1.99. The fourth-order valence-corrected chi connectivity index (χ4v) is 2.17. The number of rotatable bonds is 3. The number of nitro benzene ring substituents is 1. The molecule has 3 aromatic rings. The Bertz CT molecular complexity index is 1050. The molecule has 1 N–H and O–H groups in total. The van der Waals surface area contributed by atoms with E-state index < -0.39 is 10.5 Å². The zero-order valence-electron chi connectivity index (χ0n) is 12.6. The Morgan fingerprint density at radius 3 is 2.67 bits per heavy atom. The Kier molecular flexibility index (Phi) is 3.60. The maximum absolute atomic E-state index is 12.0. The first-order valence-electron chi connectivity index (χ1n) is 6.79. The summed E-state index contributed by atoms with van der Waals surface area (Å²) in [6.07, 6.45) is 1.10. The van der Waals surface area contributed by atoms with E-state index >= 15 is 0 Å². The number of nitrogens with zero attached hydrogens (tertiary/aromatic N) is 3. The van der Waals surface area contributed by atoms with Gasteiger partial charge in [-0.15, -0.1) is 0 Å².